The van der Waals surface area contributed by atoms with Gasteiger partial charge in [-0.1, -0.05) is 60.7 Å². The number of rotatable bonds is 5. The van der Waals surface area contributed by atoms with Crippen LogP contribution in [-0.2, 0) is 4.79 Å². The number of amides is 1. The molecule has 0 aromatic heterocycles. The highest BCUT2D eigenvalue weighted by Crippen LogP contribution is 2.25. The second-order valence-electron chi connectivity index (χ2n) is 6.13. The van der Waals surface area contributed by atoms with E-state index in [-0.39, 0.29) is 17.4 Å². The van der Waals surface area contributed by atoms with Crippen LogP contribution < -0.4 is 5.43 Å². The molecule has 0 aliphatic heterocycles. The fourth-order valence-electron chi connectivity index (χ4n) is 2.88. The molecule has 0 atom stereocenters. The predicted octanol–water partition coefficient (Wildman–Crippen LogP) is 3.77. The Morgan fingerprint density at radius 1 is 0.889 bits per heavy atom. The van der Waals surface area contributed by atoms with Crippen LogP contribution in [0.3, 0.4) is 0 Å². The number of benzene rings is 3. The van der Waals surface area contributed by atoms with Crippen molar-refractivity contribution in [1.82, 2.24) is 5.43 Å². The van der Waals surface area contributed by atoms with Gasteiger partial charge in [0.2, 0.25) is 0 Å². The molecule has 136 valence electrons. The number of nitrogens with zero attached hydrogens (tertiary/aromatic N) is 1. The van der Waals surface area contributed by atoms with E-state index in [2.05, 4.69) is 10.5 Å². The van der Waals surface area contributed by atoms with Gasteiger partial charge in [-0.15, -0.1) is 0 Å². The Kier molecular flexibility index (Phi) is 5.52. The molecule has 3 N–H and O–H groups in total. The van der Waals surface area contributed by atoms with E-state index >= 15 is 0 Å². The minimum atomic E-state index is -0.502. The van der Waals surface area contributed by atoms with Crippen LogP contribution in [0.25, 0.3) is 0 Å². The lowest BCUT2D eigenvalue weighted by molar-refractivity contribution is -0.121. The topological polar surface area (TPSA) is 81.9 Å². The zero-order valence-corrected chi connectivity index (χ0v) is 14.8. The molecule has 0 unspecified atom stereocenters. The van der Waals surface area contributed by atoms with E-state index in [0.29, 0.717) is 11.3 Å². The first-order valence-electron chi connectivity index (χ1n) is 8.52. The standard InChI is InChI=1S/C22H20N2O3/c1-15(19-13-12-18(25)14-20(19)26)23-24-22(27)21(16-8-4-2-5-9-16)17-10-6-3-7-11-17/h2-14,21,25-26H,1H3,(H,24,27)/b23-15+. The Morgan fingerprint density at radius 3 is 1.96 bits per heavy atom. The van der Waals surface area contributed by atoms with E-state index < -0.39 is 5.92 Å². The van der Waals surface area contributed by atoms with Crippen molar-refractivity contribution in [2.45, 2.75) is 12.8 Å². The zero-order valence-electron chi connectivity index (χ0n) is 14.8. The quantitative estimate of drug-likeness (QED) is 0.478. The Labute approximate surface area is 157 Å². The first-order chi connectivity index (χ1) is 13.1. The summed E-state index contributed by atoms with van der Waals surface area (Å²) in [6.45, 7) is 1.67. The Morgan fingerprint density at radius 2 is 1.44 bits per heavy atom. The van der Waals surface area contributed by atoms with Crippen molar-refractivity contribution >= 4 is 11.6 Å². The summed E-state index contributed by atoms with van der Waals surface area (Å²) in [7, 11) is 0. The number of hydrogen-bond acceptors (Lipinski definition) is 4. The second-order valence-corrected chi connectivity index (χ2v) is 6.13. The summed E-state index contributed by atoms with van der Waals surface area (Å²) in [5.74, 6) is -0.920. The first-order valence-corrected chi connectivity index (χ1v) is 8.52. The second kappa shape index (κ2) is 8.19. The van der Waals surface area contributed by atoms with Crippen LogP contribution in [0, 0.1) is 0 Å². The highest BCUT2D eigenvalue weighted by atomic mass is 16.3. The number of carbonyl (C=O) groups excluding carboxylic acids is 1. The molecular formula is C22H20N2O3. The lowest BCUT2D eigenvalue weighted by atomic mass is 9.91. The number of phenolic OH excluding ortho intramolecular Hbond substituents is 2. The third-order valence-corrected chi connectivity index (χ3v) is 4.23. The SMILES string of the molecule is C/C(=N\NC(=O)C(c1ccccc1)c1ccccc1)c1ccc(O)cc1O. The largest absolute Gasteiger partial charge is 0.508 e. The summed E-state index contributed by atoms with van der Waals surface area (Å²) >= 11 is 0. The summed E-state index contributed by atoms with van der Waals surface area (Å²) in [5, 5.41) is 23.5. The van der Waals surface area contributed by atoms with Crippen molar-refractivity contribution in [3.05, 3.63) is 95.6 Å². The van der Waals surface area contributed by atoms with Crippen LogP contribution >= 0.6 is 0 Å². The number of phenols is 2. The number of aromatic hydroxyl groups is 2. The van der Waals surface area contributed by atoms with Crippen molar-refractivity contribution in [2.75, 3.05) is 0 Å². The molecule has 0 radical (unpaired) electrons. The molecule has 0 aliphatic rings. The number of nitrogens with one attached hydrogen (secondary N) is 1. The minimum Gasteiger partial charge on any atom is -0.508 e. The van der Waals surface area contributed by atoms with Gasteiger partial charge in [0.1, 0.15) is 11.5 Å². The van der Waals surface area contributed by atoms with Gasteiger partial charge in [0.15, 0.2) is 0 Å². The average molecular weight is 360 g/mol. The average Bonchev–Trinajstić information content (AvgIpc) is 2.68. The minimum absolute atomic E-state index is 0.0405. The van der Waals surface area contributed by atoms with Crippen LogP contribution in [0.5, 0.6) is 11.5 Å². The van der Waals surface area contributed by atoms with Crippen molar-refractivity contribution in [3.8, 4) is 11.5 Å². The normalized spacial score (nSPS) is 11.4. The third-order valence-electron chi connectivity index (χ3n) is 4.23. The van der Waals surface area contributed by atoms with Crippen molar-refractivity contribution in [3.63, 3.8) is 0 Å². The molecule has 1 amide bonds. The fourth-order valence-corrected chi connectivity index (χ4v) is 2.88. The highest BCUT2D eigenvalue weighted by Gasteiger charge is 2.22. The highest BCUT2D eigenvalue weighted by molar-refractivity contribution is 6.02. The molecule has 3 aromatic rings. The van der Waals surface area contributed by atoms with E-state index in [1.807, 2.05) is 60.7 Å². The molecule has 0 fully saturated rings. The molecule has 3 rings (SSSR count). The van der Waals surface area contributed by atoms with E-state index in [0.717, 1.165) is 11.1 Å². The van der Waals surface area contributed by atoms with Gasteiger partial charge in [0, 0.05) is 11.6 Å². The molecular weight excluding hydrogens is 340 g/mol. The smallest absolute Gasteiger partial charge is 0.252 e. The van der Waals surface area contributed by atoms with Crippen molar-refractivity contribution in [2.24, 2.45) is 5.10 Å². The molecule has 5 nitrogen and oxygen atoms in total. The van der Waals surface area contributed by atoms with Gasteiger partial charge in [-0.05, 0) is 30.2 Å². The van der Waals surface area contributed by atoms with Gasteiger partial charge >= 0.3 is 0 Å². The maximum Gasteiger partial charge on any atom is 0.252 e. The van der Waals surface area contributed by atoms with E-state index in [4.69, 9.17) is 0 Å². The number of hydrazone groups is 1. The first kappa shape index (κ1) is 18.2. The van der Waals surface area contributed by atoms with Gasteiger partial charge in [-0.3, -0.25) is 4.79 Å². The molecule has 0 saturated heterocycles. The summed E-state index contributed by atoms with van der Waals surface area (Å²) < 4.78 is 0. The molecule has 3 aromatic carbocycles. The molecule has 0 bridgehead atoms. The summed E-state index contributed by atoms with van der Waals surface area (Å²) in [6, 6.07) is 23.2. The lowest BCUT2D eigenvalue weighted by Gasteiger charge is -2.16. The Bertz CT molecular complexity index is 914. The molecule has 0 aliphatic carbocycles. The van der Waals surface area contributed by atoms with Crippen LogP contribution in [-0.4, -0.2) is 21.8 Å². The zero-order chi connectivity index (χ0) is 19.2. The maximum atomic E-state index is 12.9. The maximum absolute atomic E-state index is 12.9. The van der Waals surface area contributed by atoms with E-state index in [9.17, 15) is 15.0 Å². The Balaban J connectivity index is 1.87. The van der Waals surface area contributed by atoms with Crippen LogP contribution in [0.15, 0.2) is 84.0 Å². The predicted molar refractivity (Wildman–Crippen MR) is 105 cm³/mol. The van der Waals surface area contributed by atoms with Crippen LogP contribution in [0.4, 0.5) is 0 Å². The molecule has 5 heteroatoms. The third kappa shape index (κ3) is 4.33. The molecule has 0 spiro atoms. The van der Waals surface area contributed by atoms with Gasteiger partial charge < -0.3 is 10.2 Å². The van der Waals surface area contributed by atoms with Gasteiger partial charge in [0.25, 0.3) is 5.91 Å². The summed E-state index contributed by atoms with van der Waals surface area (Å²) in [5.41, 5.74) is 5.19. The number of carbonyl (C=O) groups is 1. The fraction of sp³-hybridized carbons (Fsp3) is 0.0909. The van der Waals surface area contributed by atoms with Crippen LogP contribution in [0.1, 0.15) is 29.5 Å². The van der Waals surface area contributed by atoms with Crippen molar-refractivity contribution in [1.29, 1.82) is 0 Å². The van der Waals surface area contributed by atoms with Gasteiger partial charge in [-0.2, -0.15) is 5.10 Å². The van der Waals surface area contributed by atoms with Gasteiger partial charge in [-0.25, -0.2) is 5.43 Å². The monoisotopic (exact) mass is 360 g/mol. The summed E-state index contributed by atoms with van der Waals surface area (Å²) in [6.07, 6.45) is 0. The number of hydrogen-bond donors (Lipinski definition) is 3. The molecule has 0 saturated carbocycles. The summed E-state index contributed by atoms with van der Waals surface area (Å²) in [4.78, 5) is 12.9. The molecule has 27 heavy (non-hydrogen) atoms. The van der Waals surface area contributed by atoms with Gasteiger partial charge in [0.05, 0.1) is 11.6 Å². The van der Waals surface area contributed by atoms with E-state index in [1.54, 1.807) is 13.0 Å². The van der Waals surface area contributed by atoms with Crippen LogP contribution in [0.2, 0.25) is 0 Å². The Hall–Kier alpha value is -3.60. The lowest BCUT2D eigenvalue weighted by Crippen LogP contribution is -2.27. The van der Waals surface area contributed by atoms with E-state index in [1.165, 1.54) is 12.1 Å². The molecule has 0 heterocycles. The van der Waals surface area contributed by atoms with Crippen molar-refractivity contribution < 1.29 is 15.0 Å².